The number of fused-ring (bicyclic) bond motifs is 2. The highest BCUT2D eigenvalue weighted by Crippen LogP contribution is 2.36. The van der Waals surface area contributed by atoms with Crippen molar-refractivity contribution in [2.45, 2.75) is 13.0 Å². The van der Waals surface area contributed by atoms with Crippen molar-refractivity contribution in [3.63, 3.8) is 0 Å². The minimum Gasteiger partial charge on any atom is -0.493 e. The summed E-state index contributed by atoms with van der Waals surface area (Å²) in [6.45, 7) is 4.92. The second-order valence-corrected chi connectivity index (χ2v) is 9.70. The molecule has 8 nitrogen and oxygen atoms in total. The fourth-order valence-corrected chi connectivity index (χ4v) is 5.24. The molecule has 0 unspecified atom stereocenters. The minimum absolute atomic E-state index is 0.640. The molecule has 0 spiro atoms. The van der Waals surface area contributed by atoms with Gasteiger partial charge in [-0.2, -0.15) is 0 Å². The predicted octanol–water partition coefficient (Wildman–Crippen LogP) is 5.28. The summed E-state index contributed by atoms with van der Waals surface area (Å²) in [6, 6.07) is 20.6. The Morgan fingerprint density at radius 2 is 1.67 bits per heavy atom. The summed E-state index contributed by atoms with van der Waals surface area (Å²) in [6.07, 6.45) is 2.94. The van der Waals surface area contributed by atoms with Gasteiger partial charge in [-0.3, -0.25) is 4.90 Å². The molecule has 3 aromatic carbocycles. The first-order valence-corrected chi connectivity index (χ1v) is 13.3. The molecule has 39 heavy (non-hydrogen) atoms. The van der Waals surface area contributed by atoms with E-state index in [0.717, 1.165) is 73.6 Å². The lowest BCUT2D eigenvalue weighted by molar-refractivity contribution is 0.0342. The van der Waals surface area contributed by atoms with Gasteiger partial charge in [0.25, 0.3) is 0 Å². The Morgan fingerprint density at radius 1 is 0.897 bits per heavy atom. The summed E-state index contributed by atoms with van der Waals surface area (Å²) in [5, 5.41) is 5.74. The number of H-pyrrole nitrogens is 1. The lowest BCUT2D eigenvalue weighted by Gasteiger charge is -2.27. The Hall–Kier alpha value is -4.14. The Morgan fingerprint density at radius 3 is 2.51 bits per heavy atom. The number of morpholine rings is 1. The topological polar surface area (TPSA) is 84.5 Å². The molecule has 8 heteroatoms. The zero-order chi connectivity index (χ0) is 26.6. The molecule has 1 fully saturated rings. The number of anilines is 1. The molecular formula is C31H33N5O3. The number of aromatic nitrogens is 3. The number of nitrogens with one attached hydrogen (secondary N) is 2. The summed E-state index contributed by atoms with van der Waals surface area (Å²) < 4.78 is 16.7. The number of hydrogen-bond donors (Lipinski definition) is 2. The molecule has 0 amide bonds. The van der Waals surface area contributed by atoms with Gasteiger partial charge in [0.2, 0.25) is 0 Å². The van der Waals surface area contributed by atoms with Gasteiger partial charge in [0.05, 0.1) is 33.0 Å². The molecule has 1 saturated heterocycles. The van der Waals surface area contributed by atoms with E-state index in [1.54, 1.807) is 14.2 Å². The number of nitrogens with zero attached hydrogens (tertiary/aromatic N) is 3. The maximum Gasteiger partial charge on any atom is 0.162 e. The molecule has 0 bridgehead atoms. The van der Waals surface area contributed by atoms with Crippen molar-refractivity contribution in [2.75, 3.05) is 52.4 Å². The first-order valence-electron chi connectivity index (χ1n) is 13.3. The maximum absolute atomic E-state index is 5.60. The molecule has 0 atom stereocenters. The number of para-hydroxylation sites is 1. The number of benzene rings is 3. The standard InChI is InChI=1S/C31H33N5O3/c1-37-28-17-25-27(18-29(28)38-2)34-31(24-9-4-3-7-22(24)20-36-13-15-39-16-14-36)35-30(25)32-12-11-21-19-33-26-10-6-5-8-23(21)26/h3-10,17-19,33H,11-16,20H2,1-2H3,(H,32,34,35). The average molecular weight is 524 g/mol. The fraction of sp³-hybridized carbons (Fsp3) is 0.290. The largest absolute Gasteiger partial charge is 0.493 e. The van der Waals surface area contributed by atoms with Gasteiger partial charge in [-0.05, 0) is 29.7 Å². The molecule has 6 rings (SSSR count). The zero-order valence-corrected chi connectivity index (χ0v) is 22.4. The van der Waals surface area contributed by atoms with Crippen LogP contribution in [0.2, 0.25) is 0 Å². The monoisotopic (exact) mass is 523 g/mol. The van der Waals surface area contributed by atoms with E-state index in [0.29, 0.717) is 17.3 Å². The Balaban J connectivity index is 1.36. The number of hydrogen-bond acceptors (Lipinski definition) is 7. The Labute approximate surface area is 227 Å². The van der Waals surface area contributed by atoms with Gasteiger partial charge in [0.1, 0.15) is 5.82 Å². The van der Waals surface area contributed by atoms with E-state index in [-0.39, 0.29) is 0 Å². The quantitative estimate of drug-likeness (QED) is 0.272. The molecule has 0 radical (unpaired) electrons. The van der Waals surface area contributed by atoms with Crippen molar-refractivity contribution in [1.82, 2.24) is 19.9 Å². The van der Waals surface area contributed by atoms with E-state index in [2.05, 4.69) is 57.8 Å². The highest BCUT2D eigenvalue weighted by Gasteiger charge is 2.18. The summed E-state index contributed by atoms with van der Waals surface area (Å²) in [4.78, 5) is 15.9. The zero-order valence-electron chi connectivity index (χ0n) is 22.4. The molecular weight excluding hydrogens is 490 g/mol. The number of rotatable bonds is 9. The predicted molar refractivity (Wildman–Crippen MR) is 155 cm³/mol. The fourth-order valence-electron chi connectivity index (χ4n) is 5.24. The molecule has 0 saturated carbocycles. The van der Waals surface area contributed by atoms with Gasteiger partial charge < -0.3 is 24.5 Å². The first-order chi connectivity index (χ1) is 19.2. The third kappa shape index (κ3) is 5.26. The molecule has 2 N–H and O–H groups in total. The normalized spacial score (nSPS) is 14.1. The summed E-state index contributed by atoms with van der Waals surface area (Å²) in [5.74, 6) is 2.75. The van der Waals surface area contributed by atoms with Crippen molar-refractivity contribution < 1.29 is 14.2 Å². The average Bonchev–Trinajstić information content (AvgIpc) is 3.40. The second-order valence-electron chi connectivity index (χ2n) is 9.70. The Kier molecular flexibility index (Phi) is 7.29. The third-order valence-corrected chi connectivity index (χ3v) is 7.32. The third-order valence-electron chi connectivity index (χ3n) is 7.32. The van der Waals surface area contributed by atoms with Gasteiger partial charge in [0.15, 0.2) is 17.3 Å². The van der Waals surface area contributed by atoms with Crippen LogP contribution in [0.4, 0.5) is 5.82 Å². The molecule has 3 heterocycles. The van der Waals surface area contributed by atoms with Crippen molar-refractivity contribution >= 4 is 27.6 Å². The lowest BCUT2D eigenvalue weighted by atomic mass is 10.1. The van der Waals surface area contributed by atoms with Crippen LogP contribution in [0.1, 0.15) is 11.1 Å². The molecule has 0 aliphatic carbocycles. The maximum atomic E-state index is 5.60. The minimum atomic E-state index is 0.640. The van der Waals surface area contributed by atoms with Crippen LogP contribution >= 0.6 is 0 Å². The molecule has 1 aliphatic rings. The van der Waals surface area contributed by atoms with Crippen molar-refractivity contribution in [2.24, 2.45) is 0 Å². The summed E-state index contributed by atoms with van der Waals surface area (Å²) in [7, 11) is 3.29. The van der Waals surface area contributed by atoms with Crippen LogP contribution in [0, 0.1) is 0 Å². The number of ether oxygens (including phenoxy) is 3. The van der Waals surface area contributed by atoms with Gasteiger partial charge in [0, 0.05) is 60.3 Å². The van der Waals surface area contributed by atoms with Crippen molar-refractivity contribution in [3.8, 4) is 22.9 Å². The van der Waals surface area contributed by atoms with Crippen molar-refractivity contribution in [1.29, 1.82) is 0 Å². The van der Waals surface area contributed by atoms with Crippen LogP contribution in [-0.4, -0.2) is 66.9 Å². The van der Waals surface area contributed by atoms with Crippen LogP contribution in [0.25, 0.3) is 33.2 Å². The SMILES string of the molecule is COc1cc2nc(-c3ccccc3CN3CCOCC3)nc(NCCc3c[nH]c4ccccc34)c2cc1OC. The lowest BCUT2D eigenvalue weighted by Crippen LogP contribution is -2.35. The second kappa shape index (κ2) is 11.3. The van der Waals surface area contributed by atoms with E-state index in [9.17, 15) is 0 Å². The van der Waals surface area contributed by atoms with E-state index >= 15 is 0 Å². The highest BCUT2D eigenvalue weighted by atomic mass is 16.5. The number of methoxy groups -OCH3 is 2. The molecule has 5 aromatic rings. The Bertz CT molecular complexity index is 1590. The highest BCUT2D eigenvalue weighted by molar-refractivity contribution is 5.93. The summed E-state index contributed by atoms with van der Waals surface area (Å²) in [5.41, 5.74) is 5.44. The smallest absolute Gasteiger partial charge is 0.162 e. The van der Waals surface area contributed by atoms with Crippen LogP contribution in [0.5, 0.6) is 11.5 Å². The van der Waals surface area contributed by atoms with Crippen LogP contribution in [-0.2, 0) is 17.7 Å². The van der Waals surface area contributed by atoms with Crippen LogP contribution in [0.15, 0.2) is 66.9 Å². The van der Waals surface area contributed by atoms with Gasteiger partial charge >= 0.3 is 0 Å². The van der Waals surface area contributed by atoms with E-state index in [4.69, 9.17) is 24.2 Å². The van der Waals surface area contributed by atoms with E-state index < -0.39 is 0 Å². The summed E-state index contributed by atoms with van der Waals surface area (Å²) >= 11 is 0. The molecule has 2 aromatic heterocycles. The van der Waals surface area contributed by atoms with Gasteiger partial charge in [-0.25, -0.2) is 9.97 Å². The van der Waals surface area contributed by atoms with E-state index in [1.807, 2.05) is 24.3 Å². The van der Waals surface area contributed by atoms with Crippen LogP contribution < -0.4 is 14.8 Å². The van der Waals surface area contributed by atoms with Gasteiger partial charge in [-0.15, -0.1) is 0 Å². The number of aromatic amines is 1. The van der Waals surface area contributed by atoms with Crippen molar-refractivity contribution in [3.05, 3.63) is 78.0 Å². The molecule has 200 valence electrons. The van der Waals surface area contributed by atoms with E-state index in [1.165, 1.54) is 16.5 Å². The molecule has 1 aliphatic heterocycles. The van der Waals surface area contributed by atoms with Gasteiger partial charge in [-0.1, -0.05) is 42.5 Å². The van der Waals surface area contributed by atoms with Crippen LogP contribution in [0.3, 0.4) is 0 Å². The first kappa shape index (κ1) is 25.2.